The topological polar surface area (TPSA) is 58.0 Å². The summed E-state index contributed by atoms with van der Waals surface area (Å²) in [5, 5.41) is 3.13. The second-order valence-corrected chi connectivity index (χ2v) is 9.14. The monoisotopic (exact) mass is 465 g/mol. The number of nitrogens with zero attached hydrogens (tertiary/aromatic N) is 2. The lowest BCUT2D eigenvalue weighted by molar-refractivity contribution is -0.121. The summed E-state index contributed by atoms with van der Waals surface area (Å²) in [6, 6.07) is 22.3. The number of furan rings is 1. The molecular weight excluding hydrogens is 434 g/mol. The minimum Gasteiger partial charge on any atom is -0.497 e. The van der Waals surface area contributed by atoms with Gasteiger partial charge in [-0.3, -0.25) is 9.69 Å². The molecule has 33 heavy (non-hydrogen) atoms. The molecule has 1 fully saturated rings. The van der Waals surface area contributed by atoms with E-state index in [1.807, 2.05) is 42.5 Å². The first-order valence-corrected chi connectivity index (χ1v) is 12.3. The fraction of sp³-hybridized carbons (Fsp3) is 0.346. The molecule has 0 unspecified atom stereocenters. The Balaban J connectivity index is 1.28. The molecular formula is C26H31N3O3S. The Morgan fingerprint density at radius 3 is 2.45 bits per heavy atom. The first-order chi connectivity index (χ1) is 16.2. The third kappa shape index (κ3) is 6.55. The zero-order chi connectivity index (χ0) is 22.9. The number of thioether (sulfide) groups is 1. The Morgan fingerprint density at radius 1 is 1.03 bits per heavy atom. The highest BCUT2D eigenvalue weighted by atomic mass is 32.2. The third-order valence-electron chi connectivity index (χ3n) is 5.90. The van der Waals surface area contributed by atoms with E-state index in [0.717, 1.165) is 43.4 Å². The van der Waals surface area contributed by atoms with Gasteiger partial charge in [-0.25, -0.2) is 0 Å². The second-order valence-electron chi connectivity index (χ2n) is 7.97. The number of carbonyl (C=O) groups is 1. The van der Waals surface area contributed by atoms with Crippen molar-refractivity contribution in [2.24, 2.45) is 0 Å². The minimum atomic E-state index is 0.0312. The van der Waals surface area contributed by atoms with Gasteiger partial charge in [-0.2, -0.15) is 0 Å². The maximum Gasteiger partial charge on any atom is 0.220 e. The molecule has 2 aromatic carbocycles. The molecule has 4 rings (SSSR count). The summed E-state index contributed by atoms with van der Waals surface area (Å²) in [4.78, 5) is 18.5. The van der Waals surface area contributed by atoms with Crippen molar-refractivity contribution in [2.45, 2.75) is 17.4 Å². The van der Waals surface area contributed by atoms with Crippen molar-refractivity contribution in [3.05, 3.63) is 78.8 Å². The molecule has 1 aromatic heterocycles. The lowest BCUT2D eigenvalue weighted by Gasteiger charge is -2.39. The van der Waals surface area contributed by atoms with Crippen molar-refractivity contribution in [2.75, 3.05) is 50.5 Å². The van der Waals surface area contributed by atoms with E-state index in [2.05, 4.69) is 39.4 Å². The van der Waals surface area contributed by atoms with Gasteiger partial charge in [0.25, 0.3) is 0 Å². The van der Waals surface area contributed by atoms with Crippen LogP contribution < -0.4 is 15.0 Å². The summed E-state index contributed by atoms with van der Waals surface area (Å²) >= 11 is 1.71. The smallest absolute Gasteiger partial charge is 0.220 e. The molecule has 0 spiro atoms. The van der Waals surface area contributed by atoms with E-state index in [0.29, 0.717) is 13.0 Å². The van der Waals surface area contributed by atoms with Crippen LogP contribution in [0.2, 0.25) is 0 Å². The van der Waals surface area contributed by atoms with Crippen LogP contribution in [-0.4, -0.2) is 56.4 Å². The molecule has 0 bridgehead atoms. The van der Waals surface area contributed by atoms with Gasteiger partial charge in [0.1, 0.15) is 11.5 Å². The first kappa shape index (κ1) is 23.3. The number of piperazine rings is 1. The van der Waals surface area contributed by atoms with Gasteiger partial charge in [0.05, 0.1) is 19.4 Å². The molecule has 1 saturated heterocycles. The van der Waals surface area contributed by atoms with Crippen molar-refractivity contribution < 1.29 is 13.9 Å². The van der Waals surface area contributed by atoms with Gasteiger partial charge >= 0.3 is 0 Å². The molecule has 7 heteroatoms. The second kappa shape index (κ2) is 11.8. The Morgan fingerprint density at radius 2 is 1.79 bits per heavy atom. The van der Waals surface area contributed by atoms with E-state index in [4.69, 9.17) is 9.15 Å². The average molecular weight is 466 g/mol. The molecule has 6 nitrogen and oxygen atoms in total. The van der Waals surface area contributed by atoms with E-state index >= 15 is 0 Å². The van der Waals surface area contributed by atoms with Gasteiger partial charge in [-0.15, -0.1) is 11.8 Å². The summed E-state index contributed by atoms with van der Waals surface area (Å²) < 4.78 is 11.0. The van der Waals surface area contributed by atoms with Crippen LogP contribution in [0.5, 0.6) is 5.75 Å². The normalized spacial score (nSPS) is 15.2. The van der Waals surface area contributed by atoms with Gasteiger partial charge in [-0.1, -0.05) is 18.2 Å². The molecule has 2 heterocycles. The Kier molecular flexibility index (Phi) is 8.33. The number of rotatable bonds is 10. The molecule has 174 valence electrons. The van der Waals surface area contributed by atoms with Crippen LogP contribution in [-0.2, 0) is 4.79 Å². The molecule has 0 aliphatic carbocycles. The van der Waals surface area contributed by atoms with E-state index in [9.17, 15) is 4.79 Å². The summed E-state index contributed by atoms with van der Waals surface area (Å²) in [6.45, 7) is 4.19. The maximum atomic E-state index is 12.5. The van der Waals surface area contributed by atoms with Gasteiger partial charge in [0.15, 0.2) is 0 Å². The number of carbonyl (C=O) groups excluding carboxylic acids is 1. The number of anilines is 1. The van der Waals surface area contributed by atoms with Crippen molar-refractivity contribution in [1.29, 1.82) is 0 Å². The highest BCUT2D eigenvalue weighted by molar-refractivity contribution is 7.99. The molecule has 1 aliphatic rings. The fourth-order valence-electron chi connectivity index (χ4n) is 4.05. The summed E-state index contributed by atoms with van der Waals surface area (Å²) in [5.74, 6) is 2.61. The predicted molar refractivity (Wildman–Crippen MR) is 133 cm³/mol. The van der Waals surface area contributed by atoms with Gasteiger partial charge in [-0.05, 0) is 48.5 Å². The van der Waals surface area contributed by atoms with Gasteiger partial charge in [0, 0.05) is 55.5 Å². The Bertz CT molecular complexity index is 972. The van der Waals surface area contributed by atoms with Crippen LogP contribution in [0.15, 0.2) is 82.3 Å². The molecule has 3 aromatic rings. The number of amides is 1. The number of hydrogen-bond donors (Lipinski definition) is 1. The zero-order valence-corrected chi connectivity index (χ0v) is 19.8. The van der Waals surface area contributed by atoms with E-state index in [-0.39, 0.29) is 11.9 Å². The molecule has 1 N–H and O–H groups in total. The minimum absolute atomic E-state index is 0.0312. The standard InChI is InChI=1S/C26H31N3O3S/c1-31-22-11-9-21(10-12-22)28-14-16-29(17-15-28)24(25-8-5-18-32-25)20-27-26(30)13-19-33-23-6-3-2-4-7-23/h2-12,18,24H,13-17,19-20H2,1H3,(H,27,30)/t24-/m1/s1. The van der Waals surface area contributed by atoms with Crippen LogP contribution in [0.1, 0.15) is 18.2 Å². The highest BCUT2D eigenvalue weighted by Crippen LogP contribution is 2.25. The summed E-state index contributed by atoms with van der Waals surface area (Å²) in [7, 11) is 1.68. The molecule has 1 atom stereocenters. The van der Waals surface area contributed by atoms with Crippen molar-refractivity contribution >= 4 is 23.4 Å². The number of methoxy groups -OCH3 is 1. The Labute approximate surface area is 199 Å². The largest absolute Gasteiger partial charge is 0.497 e. The molecule has 1 amide bonds. The lowest BCUT2D eigenvalue weighted by atomic mass is 10.1. The SMILES string of the molecule is COc1ccc(N2CCN([C@H](CNC(=O)CCSc3ccccc3)c3ccco3)CC2)cc1. The van der Waals surface area contributed by atoms with Crippen LogP contribution in [0, 0.1) is 0 Å². The van der Waals surface area contributed by atoms with E-state index < -0.39 is 0 Å². The molecule has 1 aliphatic heterocycles. The Hall–Kier alpha value is -2.90. The predicted octanol–water partition coefficient (Wildman–Crippen LogP) is 4.45. The van der Waals surface area contributed by atoms with Gasteiger partial charge < -0.3 is 19.4 Å². The van der Waals surface area contributed by atoms with Crippen LogP contribution in [0.25, 0.3) is 0 Å². The first-order valence-electron chi connectivity index (χ1n) is 11.3. The average Bonchev–Trinajstić information content (AvgIpc) is 3.40. The van der Waals surface area contributed by atoms with Crippen molar-refractivity contribution in [1.82, 2.24) is 10.2 Å². The number of hydrogen-bond acceptors (Lipinski definition) is 6. The number of ether oxygens (including phenoxy) is 1. The number of nitrogens with one attached hydrogen (secondary N) is 1. The lowest BCUT2D eigenvalue weighted by Crippen LogP contribution is -2.49. The van der Waals surface area contributed by atoms with Crippen LogP contribution in [0.4, 0.5) is 5.69 Å². The zero-order valence-electron chi connectivity index (χ0n) is 19.0. The third-order valence-corrected chi connectivity index (χ3v) is 6.91. The molecule has 0 saturated carbocycles. The molecule has 0 radical (unpaired) electrons. The van der Waals surface area contributed by atoms with Crippen LogP contribution in [0.3, 0.4) is 0 Å². The summed E-state index contributed by atoms with van der Waals surface area (Å²) in [6.07, 6.45) is 2.20. The quantitative estimate of drug-likeness (QED) is 0.447. The van der Waals surface area contributed by atoms with Gasteiger partial charge in [0.2, 0.25) is 5.91 Å². The number of benzene rings is 2. The maximum absolute atomic E-state index is 12.5. The fourth-order valence-corrected chi connectivity index (χ4v) is 4.93. The highest BCUT2D eigenvalue weighted by Gasteiger charge is 2.27. The van der Waals surface area contributed by atoms with E-state index in [1.54, 1.807) is 25.1 Å². The van der Waals surface area contributed by atoms with Crippen LogP contribution >= 0.6 is 11.8 Å². The van der Waals surface area contributed by atoms with Crippen molar-refractivity contribution in [3.63, 3.8) is 0 Å². The van der Waals surface area contributed by atoms with Crippen molar-refractivity contribution in [3.8, 4) is 5.75 Å². The van der Waals surface area contributed by atoms with E-state index in [1.165, 1.54) is 10.6 Å². The summed E-state index contributed by atoms with van der Waals surface area (Å²) in [5.41, 5.74) is 1.20.